The maximum atomic E-state index is 12.2. The first-order valence-electron chi connectivity index (χ1n) is 8.80. The van der Waals surface area contributed by atoms with E-state index in [-0.39, 0.29) is 11.8 Å². The second kappa shape index (κ2) is 9.14. The van der Waals surface area contributed by atoms with Gasteiger partial charge in [-0.1, -0.05) is 23.7 Å². The van der Waals surface area contributed by atoms with Crippen molar-refractivity contribution in [2.45, 2.75) is 25.8 Å². The number of hydrogen-bond donors (Lipinski definition) is 2. The van der Waals surface area contributed by atoms with Crippen molar-refractivity contribution in [1.29, 1.82) is 0 Å². The number of halogens is 1. The number of aromatic nitrogens is 3. The number of amides is 2. The van der Waals surface area contributed by atoms with Crippen LogP contribution in [0.5, 0.6) is 0 Å². The molecule has 0 saturated carbocycles. The molecular formula is C20H20ClN5O2. The molecule has 0 spiro atoms. The van der Waals surface area contributed by atoms with E-state index in [1.54, 1.807) is 31.2 Å². The first-order valence-corrected chi connectivity index (χ1v) is 9.18. The van der Waals surface area contributed by atoms with Gasteiger partial charge < -0.3 is 10.6 Å². The van der Waals surface area contributed by atoms with Crippen molar-refractivity contribution in [1.82, 2.24) is 14.8 Å². The van der Waals surface area contributed by atoms with Crippen LogP contribution in [0.4, 0.5) is 11.4 Å². The molecule has 144 valence electrons. The third-order valence-electron chi connectivity index (χ3n) is 4.20. The van der Waals surface area contributed by atoms with Crippen LogP contribution in [0, 0.1) is 0 Å². The zero-order valence-corrected chi connectivity index (χ0v) is 16.1. The summed E-state index contributed by atoms with van der Waals surface area (Å²) in [6.07, 6.45) is 3.88. The summed E-state index contributed by atoms with van der Waals surface area (Å²) in [4.78, 5) is 28.2. The van der Waals surface area contributed by atoms with Gasteiger partial charge in [-0.25, -0.2) is 9.67 Å². The minimum absolute atomic E-state index is 0.0773. The molecule has 0 fully saturated rings. The summed E-state index contributed by atoms with van der Waals surface area (Å²) in [5.74, 6) is -0.281. The van der Waals surface area contributed by atoms with E-state index in [0.717, 1.165) is 5.56 Å². The lowest BCUT2D eigenvalue weighted by Crippen LogP contribution is -2.24. The number of rotatable bonds is 7. The van der Waals surface area contributed by atoms with Crippen molar-refractivity contribution in [3.05, 3.63) is 71.8 Å². The zero-order valence-electron chi connectivity index (χ0n) is 15.3. The van der Waals surface area contributed by atoms with Crippen LogP contribution in [0.1, 0.15) is 24.9 Å². The van der Waals surface area contributed by atoms with Crippen LogP contribution in [0.3, 0.4) is 0 Å². The van der Waals surface area contributed by atoms with Gasteiger partial charge in [0.05, 0.1) is 0 Å². The Morgan fingerprint density at radius 3 is 2.29 bits per heavy atom. The molecule has 0 aliphatic heterocycles. The van der Waals surface area contributed by atoms with E-state index < -0.39 is 6.04 Å². The van der Waals surface area contributed by atoms with E-state index in [9.17, 15) is 9.59 Å². The van der Waals surface area contributed by atoms with Crippen molar-refractivity contribution < 1.29 is 9.59 Å². The molecule has 1 aromatic heterocycles. The van der Waals surface area contributed by atoms with E-state index in [4.69, 9.17) is 11.6 Å². The third-order valence-corrected chi connectivity index (χ3v) is 4.46. The van der Waals surface area contributed by atoms with E-state index in [1.165, 1.54) is 17.3 Å². The average molecular weight is 398 g/mol. The molecule has 0 aliphatic carbocycles. The molecular weight excluding hydrogens is 378 g/mol. The van der Waals surface area contributed by atoms with Crippen molar-refractivity contribution in [3.63, 3.8) is 0 Å². The maximum Gasteiger partial charge on any atom is 0.249 e. The van der Waals surface area contributed by atoms with Gasteiger partial charge >= 0.3 is 0 Å². The number of aryl methyl sites for hydroxylation is 1. The predicted molar refractivity (Wildman–Crippen MR) is 108 cm³/mol. The summed E-state index contributed by atoms with van der Waals surface area (Å²) in [6.45, 7) is 1.74. The Hall–Kier alpha value is -3.19. The van der Waals surface area contributed by atoms with E-state index in [0.29, 0.717) is 29.2 Å². The van der Waals surface area contributed by atoms with Crippen LogP contribution in [0.15, 0.2) is 61.2 Å². The Morgan fingerprint density at radius 2 is 1.68 bits per heavy atom. The van der Waals surface area contributed by atoms with Gasteiger partial charge in [0.2, 0.25) is 11.8 Å². The van der Waals surface area contributed by atoms with Crippen LogP contribution < -0.4 is 10.6 Å². The number of benzene rings is 2. The minimum atomic E-state index is -0.477. The van der Waals surface area contributed by atoms with Crippen molar-refractivity contribution in [2.75, 3.05) is 10.6 Å². The van der Waals surface area contributed by atoms with Gasteiger partial charge in [0.25, 0.3) is 0 Å². The lowest BCUT2D eigenvalue weighted by atomic mass is 10.1. The van der Waals surface area contributed by atoms with E-state index >= 15 is 0 Å². The molecule has 0 aliphatic rings. The van der Waals surface area contributed by atoms with Gasteiger partial charge in [0, 0.05) is 22.8 Å². The molecule has 1 heterocycles. The van der Waals surface area contributed by atoms with Gasteiger partial charge in [0.1, 0.15) is 18.7 Å². The lowest BCUT2D eigenvalue weighted by molar-refractivity contribution is -0.119. The Balaban J connectivity index is 1.49. The normalized spacial score (nSPS) is 11.6. The van der Waals surface area contributed by atoms with Gasteiger partial charge in [-0.2, -0.15) is 5.10 Å². The fraction of sp³-hybridized carbons (Fsp3) is 0.200. The van der Waals surface area contributed by atoms with Crippen LogP contribution in [0.25, 0.3) is 0 Å². The highest BCUT2D eigenvalue weighted by Gasteiger charge is 2.15. The second-order valence-corrected chi connectivity index (χ2v) is 6.73. The summed E-state index contributed by atoms with van der Waals surface area (Å²) >= 11 is 5.86. The van der Waals surface area contributed by atoms with E-state index in [2.05, 4.69) is 20.7 Å². The van der Waals surface area contributed by atoms with Crippen LogP contribution in [-0.4, -0.2) is 26.6 Å². The summed E-state index contributed by atoms with van der Waals surface area (Å²) in [6, 6.07) is 13.9. The summed E-state index contributed by atoms with van der Waals surface area (Å²) in [7, 11) is 0. The number of carbonyl (C=O) groups excluding carboxylic acids is 2. The number of anilines is 2. The minimum Gasteiger partial charge on any atom is -0.326 e. The highest BCUT2D eigenvalue weighted by molar-refractivity contribution is 6.30. The standard InChI is InChI=1S/C20H20ClN5O2/c1-14(26-13-22-12-23-26)20(28)25-18-9-7-17(8-10-18)24-19(27)11-4-15-2-5-16(21)6-3-15/h2-3,5-10,12-14H,4,11H2,1H3,(H,24,27)(H,25,28)/t14-/m1/s1. The average Bonchev–Trinajstić information content (AvgIpc) is 3.23. The van der Waals surface area contributed by atoms with E-state index in [1.807, 2.05) is 24.3 Å². The zero-order chi connectivity index (χ0) is 19.9. The molecule has 28 heavy (non-hydrogen) atoms. The molecule has 0 radical (unpaired) electrons. The quantitative estimate of drug-likeness (QED) is 0.636. The molecule has 0 bridgehead atoms. The first kappa shape index (κ1) is 19.6. The Morgan fingerprint density at radius 1 is 1.04 bits per heavy atom. The molecule has 8 heteroatoms. The van der Waals surface area contributed by atoms with Crippen molar-refractivity contribution in [3.8, 4) is 0 Å². The molecule has 7 nitrogen and oxygen atoms in total. The molecule has 3 rings (SSSR count). The molecule has 2 amide bonds. The second-order valence-electron chi connectivity index (χ2n) is 6.29. The highest BCUT2D eigenvalue weighted by Crippen LogP contribution is 2.16. The Bertz CT molecular complexity index is 924. The van der Waals surface area contributed by atoms with Crippen LogP contribution >= 0.6 is 11.6 Å². The summed E-state index contributed by atoms with van der Waals surface area (Å²) in [5, 5.41) is 10.3. The monoisotopic (exact) mass is 397 g/mol. The predicted octanol–water partition coefficient (Wildman–Crippen LogP) is 3.70. The number of hydrogen-bond acceptors (Lipinski definition) is 4. The van der Waals surface area contributed by atoms with Crippen molar-refractivity contribution >= 4 is 34.8 Å². The number of nitrogens with one attached hydrogen (secondary N) is 2. The fourth-order valence-electron chi connectivity index (χ4n) is 2.55. The number of carbonyl (C=O) groups is 2. The largest absolute Gasteiger partial charge is 0.326 e. The molecule has 3 aromatic rings. The first-order chi connectivity index (χ1) is 13.5. The number of nitrogens with zero attached hydrogens (tertiary/aromatic N) is 3. The van der Waals surface area contributed by atoms with Gasteiger partial charge in [-0.3, -0.25) is 9.59 Å². The Labute approximate surface area is 167 Å². The fourth-order valence-corrected chi connectivity index (χ4v) is 2.68. The highest BCUT2D eigenvalue weighted by atomic mass is 35.5. The Kier molecular flexibility index (Phi) is 6.39. The molecule has 0 unspecified atom stereocenters. The SMILES string of the molecule is C[C@H](C(=O)Nc1ccc(NC(=O)CCc2ccc(Cl)cc2)cc1)n1cncn1. The maximum absolute atomic E-state index is 12.2. The van der Waals surface area contributed by atoms with Crippen LogP contribution in [-0.2, 0) is 16.0 Å². The topological polar surface area (TPSA) is 88.9 Å². The molecule has 0 saturated heterocycles. The lowest BCUT2D eigenvalue weighted by Gasteiger charge is -2.12. The van der Waals surface area contributed by atoms with Gasteiger partial charge in [-0.15, -0.1) is 0 Å². The summed E-state index contributed by atoms with van der Waals surface area (Å²) < 4.78 is 1.48. The molecule has 1 atom stereocenters. The van der Waals surface area contributed by atoms with Crippen LogP contribution in [0.2, 0.25) is 5.02 Å². The third kappa shape index (κ3) is 5.40. The van der Waals surface area contributed by atoms with Gasteiger partial charge in [0.15, 0.2) is 0 Å². The molecule has 2 N–H and O–H groups in total. The summed E-state index contributed by atoms with van der Waals surface area (Å²) in [5.41, 5.74) is 2.36. The molecule has 2 aromatic carbocycles. The van der Waals surface area contributed by atoms with Gasteiger partial charge in [-0.05, 0) is 55.3 Å². The van der Waals surface area contributed by atoms with Crippen molar-refractivity contribution in [2.24, 2.45) is 0 Å². The smallest absolute Gasteiger partial charge is 0.249 e.